The second kappa shape index (κ2) is 35.3. The molecule has 11 amide bonds. The quantitative estimate of drug-likeness (QED) is 0.0605. The van der Waals surface area contributed by atoms with Crippen molar-refractivity contribution >= 4 is 82.7 Å². The molecule has 1 aliphatic rings. The van der Waals surface area contributed by atoms with Crippen molar-refractivity contribution in [3.63, 3.8) is 0 Å². The fourth-order valence-electron chi connectivity index (χ4n) is 9.18. The molecule has 1 aliphatic heterocycles. The SMILES string of the molecule is CC(C)C[C@H](NC(=O)[C@@H]1CSCC(=O)N[C@H](Cc2ccccc2)C(=O)N[C@@H](C(C)C)C(=O)N[C@@H](Cc2ccc(O)cc2)C(=O)N[C@@H](CO)C(=O)N[C@@H](C)C(=O)N[C@@H](C(C)C)C(=O)N1)C(=O)N[C@@H](Cc1ccc(O)cc1)C(=O)N[C@H](C(=O)NCC(=O)O)C(C)C. The van der Waals surface area contributed by atoms with Crippen LogP contribution < -0.4 is 58.5 Å². The highest BCUT2D eigenvalue weighted by molar-refractivity contribution is 8.00. The summed E-state index contributed by atoms with van der Waals surface area (Å²) in [5.41, 5.74) is 1.52. The zero-order chi connectivity index (χ0) is 66.2. The first-order valence-corrected chi connectivity index (χ1v) is 30.4. The number of nitrogens with one attached hydrogen (secondary N) is 11. The van der Waals surface area contributed by atoms with Gasteiger partial charge in [-0.1, -0.05) is 110 Å². The number of aliphatic hydroxyl groups excluding tert-OH is 1. The number of carboxylic acids is 1. The van der Waals surface area contributed by atoms with Crippen LogP contribution >= 0.6 is 11.8 Å². The van der Waals surface area contributed by atoms with E-state index in [4.69, 9.17) is 0 Å². The van der Waals surface area contributed by atoms with Crippen molar-refractivity contribution < 1.29 is 78.0 Å². The van der Waals surface area contributed by atoms with Crippen molar-refractivity contribution in [2.24, 2.45) is 23.7 Å². The van der Waals surface area contributed by atoms with Gasteiger partial charge in [0.1, 0.15) is 78.5 Å². The summed E-state index contributed by atoms with van der Waals surface area (Å²) in [6, 6.07) is 5.59. The van der Waals surface area contributed by atoms with E-state index in [1.54, 1.807) is 85.7 Å². The topological polar surface area (TPSA) is 418 Å². The Bertz CT molecular complexity index is 2950. The molecule has 27 nitrogen and oxygen atoms in total. The lowest BCUT2D eigenvalue weighted by molar-refractivity contribution is -0.139. The van der Waals surface area contributed by atoms with Gasteiger partial charge in [-0.3, -0.25) is 57.5 Å². The Morgan fingerprint density at radius 2 is 1.04 bits per heavy atom. The van der Waals surface area contributed by atoms with Gasteiger partial charge in [-0.25, -0.2) is 0 Å². The van der Waals surface area contributed by atoms with E-state index >= 15 is 0 Å². The van der Waals surface area contributed by atoms with Crippen LogP contribution in [0.15, 0.2) is 78.9 Å². The molecule has 0 unspecified atom stereocenters. The number of aromatic hydroxyl groups is 2. The van der Waals surface area contributed by atoms with Crippen LogP contribution in [-0.4, -0.2) is 176 Å². The number of aliphatic hydroxyl groups is 1. The Kier molecular flexibility index (Phi) is 28.8. The molecule has 1 saturated heterocycles. The molecule has 4 rings (SSSR count). The van der Waals surface area contributed by atoms with Crippen molar-refractivity contribution in [1.82, 2.24) is 58.5 Å². The average Bonchev–Trinajstić information content (AvgIpc) is 3.58. The minimum atomic E-state index is -1.71. The van der Waals surface area contributed by atoms with E-state index in [0.29, 0.717) is 16.7 Å². The number of aliphatic carboxylic acids is 1. The number of thioether (sulfide) groups is 1. The summed E-state index contributed by atoms with van der Waals surface area (Å²) in [5.74, 6) is -14.3. The molecule has 28 heteroatoms. The zero-order valence-corrected chi connectivity index (χ0v) is 52.2. The summed E-state index contributed by atoms with van der Waals surface area (Å²) in [6.45, 7) is 12.6. The number of hydrogen-bond acceptors (Lipinski definition) is 16. The minimum Gasteiger partial charge on any atom is -0.508 e. The van der Waals surface area contributed by atoms with Gasteiger partial charge in [-0.2, -0.15) is 0 Å². The molecule has 0 aliphatic carbocycles. The molecule has 0 saturated carbocycles. The highest BCUT2D eigenvalue weighted by Gasteiger charge is 2.38. The fourth-order valence-corrected chi connectivity index (χ4v) is 10.0. The van der Waals surface area contributed by atoms with Gasteiger partial charge < -0.3 is 78.9 Å². The summed E-state index contributed by atoms with van der Waals surface area (Å²) in [5, 5.41) is 67.8. The van der Waals surface area contributed by atoms with Crippen LogP contribution in [0.25, 0.3) is 0 Å². The molecular weight excluding hydrogens is 1170 g/mol. The maximum Gasteiger partial charge on any atom is 0.322 e. The summed E-state index contributed by atoms with van der Waals surface area (Å²) in [6.07, 6.45) is -0.535. The number of benzene rings is 3. The highest BCUT2D eigenvalue weighted by atomic mass is 32.2. The van der Waals surface area contributed by atoms with Gasteiger partial charge >= 0.3 is 5.97 Å². The lowest BCUT2D eigenvalue weighted by atomic mass is 9.99. The lowest BCUT2D eigenvalue weighted by Gasteiger charge is -2.29. The first-order chi connectivity index (χ1) is 42.0. The lowest BCUT2D eigenvalue weighted by Crippen LogP contribution is -2.62. The van der Waals surface area contributed by atoms with Gasteiger partial charge in [0.05, 0.1) is 12.4 Å². The van der Waals surface area contributed by atoms with Crippen molar-refractivity contribution in [3.05, 3.63) is 95.6 Å². The molecule has 486 valence electrons. The molecule has 1 heterocycles. The smallest absolute Gasteiger partial charge is 0.322 e. The average molecular weight is 1260 g/mol. The summed E-state index contributed by atoms with van der Waals surface area (Å²) >= 11 is 0.843. The maximum atomic E-state index is 14.7. The maximum absolute atomic E-state index is 14.7. The summed E-state index contributed by atoms with van der Waals surface area (Å²) < 4.78 is 0. The number of carboxylic acid groups (broad SMARTS) is 1. The number of carbonyl (C=O) groups is 12. The molecule has 1 fully saturated rings. The molecule has 0 bridgehead atoms. The number of phenols is 2. The molecular formula is C61H85N11O16S. The number of rotatable bonds is 21. The number of amides is 11. The molecule has 0 aromatic heterocycles. The van der Waals surface area contributed by atoms with E-state index in [2.05, 4.69) is 58.5 Å². The van der Waals surface area contributed by atoms with Crippen LogP contribution in [0.4, 0.5) is 0 Å². The highest BCUT2D eigenvalue weighted by Crippen LogP contribution is 2.17. The number of carbonyl (C=O) groups excluding carboxylic acids is 11. The van der Waals surface area contributed by atoms with Crippen LogP contribution in [0.3, 0.4) is 0 Å². The Labute approximate surface area is 521 Å². The molecule has 0 radical (unpaired) electrons. The summed E-state index contributed by atoms with van der Waals surface area (Å²) in [4.78, 5) is 167. The van der Waals surface area contributed by atoms with Crippen molar-refractivity contribution in [1.29, 1.82) is 0 Å². The standard InChI is InChI=1S/C61H85N11O16S/c1-31(2)23-41(53(80)66-44(26-38-17-21-40(75)22-18-38)56(83)71-49(32(3)4)59(86)62-27-48(77)78)65-58(85)46-29-89-30-47(76)64-42(24-36-13-11-10-12-14-36)55(82)72-51(34(7)8)60(87)67-43(25-37-15-19-39(74)20-16-37)54(81)68-45(28-73)57(84)63-35(9)52(79)70-50(33(5)6)61(88)69-46/h10-22,31-35,41-46,49-51,73-75H,23-30H2,1-9H3,(H,62,86)(H,63,84)(H,64,76)(H,65,85)(H,66,80)(H,67,87)(H,68,81)(H,69,88)(H,70,79)(H,71,83)(H,72,82)(H,77,78)/t35-,41-,42+,43-,44-,45-,46-,49-,50-,51-/m0/s1. The second-order valence-corrected chi connectivity index (χ2v) is 24.2. The van der Waals surface area contributed by atoms with E-state index in [1.165, 1.54) is 55.5 Å². The van der Waals surface area contributed by atoms with Gasteiger partial charge in [0.15, 0.2) is 0 Å². The van der Waals surface area contributed by atoms with Gasteiger partial charge in [0.25, 0.3) is 0 Å². The molecule has 0 spiro atoms. The van der Waals surface area contributed by atoms with Gasteiger partial charge in [-0.15, -0.1) is 11.8 Å². The number of hydrogen-bond donors (Lipinski definition) is 15. The predicted octanol–water partition coefficient (Wildman–Crippen LogP) is -1.05. The Hall–Kier alpha value is -8.79. The fraction of sp³-hybridized carbons (Fsp3) is 0.508. The third-order valence-electron chi connectivity index (χ3n) is 14.2. The minimum absolute atomic E-state index is 0.0484. The first-order valence-electron chi connectivity index (χ1n) is 29.3. The molecule has 10 atom stereocenters. The Morgan fingerprint density at radius 3 is 1.58 bits per heavy atom. The summed E-state index contributed by atoms with van der Waals surface area (Å²) in [7, 11) is 0. The number of phenolic OH excluding ortho intramolecular Hbond substituents is 2. The Morgan fingerprint density at radius 1 is 0.551 bits per heavy atom. The predicted molar refractivity (Wildman–Crippen MR) is 328 cm³/mol. The van der Waals surface area contributed by atoms with Crippen molar-refractivity contribution in [2.45, 2.75) is 148 Å². The van der Waals surface area contributed by atoms with E-state index in [1.807, 2.05) is 0 Å². The van der Waals surface area contributed by atoms with Crippen molar-refractivity contribution in [2.75, 3.05) is 24.7 Å². The van der Waals surface area contributed by atoms with E-state index in [9.17, 15) is 78.0 Å². The normalized spacial score (nSPS) is 21.5. The van der Waals surface area contributed by atoms with Gasteiger partial charge in [0.2, 0.25) is 65.0 Å². The second-order valence-electron chi connectivity index (χ2n) is 23.2. The Balaban J connectivity index is 1.75. The van der Waals surface area contributed by atoms with Crippen molar-refractivity contribution in [3.8, 4) is 11.5 Å². The van der Waals surface area contributed by atoms with Crippen LogP contribution in [0.2, 0.25) is 0 Å². The molecule has 89 heavy (non-hydrogen) atoms. The molecule has 3 aromatic carbocycles. The third kappa shape index (κ3) is 24.0. The van der Waals surface area contributed by atoms with Gasteiger partial charge in [-0.05, 0) is 78.0 Å². The third-order valence-corrected chi connectivity index (χ3v) is 15.2. The van der Waals surface area contributed by atoms with E-state index < -0.39 is 168 Å². The largest absolute Gasteiger partial charge is 0.508 e. The monoisotopic (exact) mass is 1260 g/mol. The van der Waals surface area contributed by atoms with Crippen LogP contribution in [0.1, 0.15) is 85.4 Å². The molecule has 15 N–H and O–H groups in total. The molecule has 3 aromatic rings. The first kappa shape index (κ1) is 72.7. The van der Waals surface area contributed by atoms with Crippen LogP contribution in [0, 0.1) is 23.7 Å². The van der Waals surface area contributed by atoms with E-state index in [-0.39, 0.29) is 48.9 Å². The van der Waals surface area contributed by atoms with Gasteiger partial charge in [0, 0.05) is 25.0 Å². The van der Waals surface area contributed by atoms with Crippen LogP contribution in [0.5, 0.6) is 11.5 Å². The van der Waals surface area contributed by atoms with E-state index in [0.717, 1.165) is 11.8 Å². The zero-order valence-electron chi connectivity index (χ0n) is 51.3. The van der Waals surface area contributed by atoms with Crippen LogP contribution in [-0.2, 0) is 76.8 Å².